The van der Waals surface area contributed by atoms with E-state index in [-0.39, 0.29) is 0 Å². The Kier molecular flexibility index (Phi) is 10.3. The van der Waals surface area contributed by atoms with Crippen LogP contribution in [0.3, 0.4) is 0 Å². The van der Waals surface area contributed by atoms with Crippen LogP contribution < -0.4 is 0 Å². The highest BCUT2D eigenvalue weighted by Crippen LogP contribution is 2.31. The van der Waals surface area contributed by atoms with Gasteiger partial charge in [0.05, 0.1) is 17.9 Å². The van der Waals surface area contributed by atoms with Gasteiger partial charge in [0.1, 0.15) is 12.7 Å². The van der Waals surface area contributed by atoms with Crippen LogP contribution in [0.4, 0.5) is 0 Å². The molecule has 6 atom stereocenters. The average Bonchev–Trinajstić information content (AvgIpc) is 2.66. The van der Waals surface area contributed by atoms with E-state index in [0.29, 0.717) is 0 Å². The number of hydrogen-bond donors (Lipinski definition) is 0. The van der Waals surface area contributed by atoms with Crippen LogP contribution in [0.5, 0.6) is 0 Å². The highest BCUT2D eigenvalue weighted by Gasteiger charge is 2.53. The second kappa shape index (κ2) is 12.2. The fourth-order valence-electron chi connectivity index (χ4n) is 2.64. The van der Waals surface area contributed by atoms with E-state index >= 15 is 0 Å². The number of carbonyl (C=O) groups excluding carboxylic acids is 5. The van der Waals surface area contributed by atoms with Gasteiger partial charge in [-0.25, -0.2) is 4.79 Å². The van der Waals surface area contributed by atoms with Crippen LogP contribution >= 0.6 is 0 Å². The van der Waals surface area contributed by atoms with E-state index in [0.717, 1.165) is 46.3 Å². The molecule has 0 N–H and O–H groups in total. The molecule has 0 aromatic carbocycles. The molecule has 1 heterocycles. The number of rotatable bonds is 8. The van der Waals surface area contributed by atoms with Crippen molar-refractivity contribution < 1.29 is 56.6 Å². The molecule has 12 nitrogen and oxygen atoms in total. The summed E-state index contributed by atoms with van der Waals surface area (Å²) in [5.74, 6) is -3.92. The van der Waals surface area contributed by atoms with Gasteiger partial charge in [-0.15, -0.1) is 0 Å². The fraction of sp³-hybridized carbons (Fsp3) is 0.611. The third-order valence-electron chi connectivity index (χ3n) is 3.72. The van der Waals surface area contributed by atoms with Gasteiger partial charge in [-0.1, -0.05) is 0 Å². The van der Waals surface area contributed by atoms with Crippen LogP contribution in [-0.2, 0) is 63.2 Å². The lowest BCUT2D eigenvalue weighted by molar-refractivity contribution is -0.238. The van der Waals surface area contributed by atoms with Crippen molar-refractivity contribution >= 4 is 40.6 Å². The highest BCUT2D eigenvalue weighted by atomic mass is 32.2. The molecule has 0 saturated carbocycles. The van der Waals surface area contributed by atoms with Crippen molar-refractivity contribution in [2.45, 2.75) is 57.5 Å². The zero-order chi connectivity index (χ0) is 23.7. The quantitative estimate of drug-likeness (QED) is 0.258. The number of methoxy groups -OCH3 is 1. The van der Waals surface area contributed by atoms with Gasteiger partial charge in [-0.3, -0.25) is 23.4 Å². The molecule has 0 spiro atoms. The maximum absolute atomic E-state index is 12.8. The van der Waals surface area contributed by atoms with Crippen molar-refractivity contribution in [2.75, 3.05) is 13.7 Å². The summed E-state index contributed by atoms with van der Waals surface area (Å²) < 4.78 is 43.4. The Hall–Kier alpha value is -2.80. The average molecular weight is 464 g/mol. The van der Waals surface area contributed by atoms with Gasteiger partial charge in [-0.2, -0.15) is 0 Å². The zero-order valence-corrected chi connectivity index (χ0v) is 18.4. The smallest absolute Gasteiger partial charge is 0.331 e. The van der Waals surface area contributed by atoms with Crippen molar-refractivity contribution in [1.29, 1.82) is 0 Å². The first-order chi connectivity index (χ1) is 14.5. The number of hydrogen-bond acceptors (Lipinski definition) is 12. The largest absolute Gasteiger partial charge is 0.466 e. The molecular weight excluding hydrogens is 440 g/mol. The van der Waals surface area contributed by atoms with E-state index in [4.69, 9.17) is 23.7 Å². The molecule has 0 radical (unpaired) electrons. The van der Waals surface area contributed by atoms with Gasteiger partial charge >= 0.3 is 29.8 Å². The number of esters is 5. The van der Waals surface area contributed by atoms with E-state index in [1.165, 1.54) is 0 Å². The van der Waals surface area contributed by atoms with Crippen LogP contribution in [0.1, 0.15) is 27.7 Å². The molecule has 0 aliphatic carbocycles. The minimum Gasteiger partial charge on any atom is -0.466 e. The summed E-state index contributed by atoms with van der Waals surface area (Å²) in [5.41, 5.74) is -1.47. The van der Waals surface area contributed by atoms with Crippen molar-refractivity contribution in [1.82, 2.24) is 0 Å². The van der Waals surface area contributed by atoms with Gasteiger partial charge in [0.25, 0.3) is 0 Å². The Morgan fingerprint density at radius 1 is 0.839 bits per heavy atom. The Morgan fingerprint density at radius 2 is 1.35 bits per heavy atom. The van der Waals surface area contributed by atoms with Crippen molar-refractivity contribution in [3.63, 3.8) is 0 Å². The molecule has 1 saturated heterocycles. The normalized spacial score (nSPS) is 26.4. The maximum atomic E-state index is 12.8. The fourth-order valence-corrected chi connectivity index (χ4v) is 3.77. The minimum atomic E-state index is -2.13. The highest BCUT2D eigenvalue weighted by molar-refractivity contribution is 7.88. The van der Waals surface area contributed by atoms with Crippen LogP contribution in [-0.4, -0.2) is 77.6 Å². The van der Waals surface area contributed by atoms with Gasteiger partial charge in [0.15, 0.2) is 23.7 Å². The first kappa shape index (κ1) is 26.2. The molecule has 1 unspecified atom stereocenters. The van der Waals surface area contributed by atoms with E-state index in [2.05, 4.69) is 4.74 Å². The second-order valence-corrected chi connectivity index (χ2v) is 7.62. The van der Waals surface area contributed by atoms with Crippen LogP contribution in [0.25, 0.3) is 0 Å². The topological polar surface area (TPSA) is 158 Å². The summed E-state index contributed by atoms with van der Waals surface area (Å²) in [6.45, 7) is 3.88. The Bertz CT molecular complexity index is 761. The van der Waals surface area contributed by atoms with Gasteiger partial charge < -0.3 is 28.4 Å². The van der Waals surface area contributed by atoms with Crippen LogP contribution in [0.2, 0.25) is 0 Å². The van der Waals surface area contributed by atoms with E-state index < -0.39 is 77.1 Å². The Labute approximate surface area is 180 Å². The Morgan fingerprint density at radius 3 is 1.84 bits per heavy atom. The summed E-state index contributed by atoms with van der Waals surface area (Å²) in [5, 5.41) is 0.937. The minimum absolute atomic E-state index is 0.452. The predicted molar refractivity (Wildman–Crippen MR) is 101 cm³/mol. The molecule has 1 aliphatic rings. The molecule has 1 rings (SSSR count). The van der Waals surface area contributed by atoms with Gasteiger partial charge in [0, 0.05) is 39.2 Å². The maximum Gasteiger partial charge on any atom is 0.331 e. The molecular formula is C18H24O12S. The van der Waals surface area contributed by atoms with E-state index in [1.54, 1.807) is 0 Å². The standard InChI is InChI=1S/C18H24O12S/c1-9(19)26-8-13-15(27-10(2)20)16(28-11(3)21)17(29-12(4)22)18(30-13)31(24)7-6-14(23)25-5/h6-7,13,15-18H,8H2,1-5H3/b7-6+/t13-,15-,16+,17-,18+,31?/m1/s1. The summed E-state index contributed by atoms with van der Waals surface area (Å²) >= 11 is 0. The second-order valence-electron chi connectivity index (χ2n) is 6.22. The molecule has 13 heteroatoms. The lowest BCUT2D eigenvalue weighted by Crippen LogP contribution is -2.63. The van der Waals surface area contributed by atoms with Gasteiger partial charge in [0.2, 0.25) is 0 Å². The van der Waals surface area contributed by atoms with E-state index in [9.17, 15) is 28.2 Å². The first-order valence-electron chi connectivity index (χ1n) is 8.92. The lowest BCUT2D eigenvalue weighted by Gasteiger charge is -2.43. The molecule has 1 fully saturated rings. The third kappa shape index (κ3) is 8.45. The van der Waals surface area contributed by atoms with Crippen molar-refractivity contribution in [3.8, 4) is 0 Å². The van der Waals surface area contributed by atoms with Gasteiger partial charge in [-0.05, 0) is 0 Å². The van der Waals surface area contributed by atoms with Crippen molar-refractivity contribution in [2.24, 2.45) is 0 Å². The molecule has 1 aliphatic heterocycles. The summed E-state index contributed by atoms with van der Waals surface area (Å²) in [7, 11) is -1.01. The number of carbonyl (C=O) groups is 5. The first-order valence-corrected chi connectivity index (χ1v) is 10.2. The zero-order valence-electron chi connectivity index (χ0n) is 17.6. The van der Waals surface area contributed by atoms with Crippen molar-refractivity contribution in [3.05, 3.63) is 11.5 Å². The molecule has 174 valence electrons. The summed E-state index contributed by atoms with van der Waals surface area (Å²) in [6, 6.07) is 0. The summed E-state index contributed by atoms with van der Waals surface area (Å²) in [6.07, 6.45) is -4.65. The lowest BCUT2D eigenvalue weighted by atomic mass is 9.99. The van der Waals surface area contributed by atoms with Crippen LogP contribution in [0.15, 0.2) is 11.5 Å². The molecule has 0 bridgehead atoms. The molecule has 31 heavy (non-hydrogen) atoms. The number of ether oxygens (including phenoxy) is 6. The summed E-state index contributed by atoms with van der Waals surface area (Å²) in [4.78, 5) is 57.6. The SMILES string of the molecule is COC(=O)/C=C/S(=O)[C@@H]1O[C@H](COC(C)=O)[C@@H](OC(C)=O)[C@H](OC(C)=O)[C@H]1OC(C)=O. The third-order valence-corrected chi connectivity index (χ3v) is 4.96. The van der Waals surface area contributed by atoms with Crippen LogP contribution in [0, 0.1) is 0 Å². The monoisotopic (exact) mass is 464 g/mol. The molecule has 0 amide bonds. The van der Waals surface area contributed by atoms with E-state index in [1.807, 2.05) is 0 Å². The molecule has 0 aromatic rings. The molecule has 0 aromatic heterocycles. The Balaban J connectivity index is 3.42. The predicted octanol–water partition coefficient (Wildman–Crippen LogP) is -0.495.